The number of aliphatic carboxylic acids is 2. The lowest BCUT2D eigenvalue weighted by atomic mass is 10.2. The van der Waals surface area contributed by atoms with E-state index in [1.54, 1.807) is 0 Å². The lowest BCUT2D eigenvalue weighted by Gasteiger charge is -1.89. The van der Waals surface area contributed by atoms with Crippen molar-refractivity contribution in [1.29, 1.82) is 0 Å². The highest BCUT2D eigenvalue weighted by molar-refractivity contribution is 5.75. The molecule has 15 heavy (non-hydrogen) atoms. The molecule has 2 amide bonds. The Bertz CT molecular complexity index is 219. The maximum Gasteiger partial charge on any atom is 0.314 e. The average Bonchev–Trinajstić information content (AvgIpc) is 2.55. The standard InChI is InChI=1S/C5H8O4.C3H6N2O/c6-4(7)2-1-3-5(8)9;6-3-4-1-2-5-3/h1-3H2,(H,6,7)(H,8,9);1-2H2,(H2,4,5,6). The summed E-state index contributed by atoms with van der Waals surface area (Å²) in [5, 5.41) is 21.2. The van der Waals surface area contributed by atoms with Crippen molar-refractivity contribution in [3.8, 4) is 0 Å². The van der Waals surface area contributed by atoms with Crippen molar-refractivity contribution in [2.45, 2.75) is 19.3 Å². The maximum absolute atomic E-state index is 10.0. The summed E-state index contributed by atoms with van der Waals surface area (Å²) in [6.07, 6.45) is 0.0866. The molecule has 1 saturated heterocycles. The lowest BCUT2D eigenvalue weighted by Crippen LogP contribution is -2.20. The van der Waals surface area contributed by atoms with E-state index >= 15 is 0 Å². The number of carboxylic acid groups (broad SMARTS) is 2. The van der Waals surface area contributed by atoms with Gasteiger partial charge in [-0.1, -0.05) is 0 Å². The van der Waals surface area contributed by atoms with Gasteiger partial charge in [0.2, 0.25) is 0 Å². The van der Waals surface area contributed by atoms with Gasteiger partial charge < -0.3 is 20.8 Å². The van der Waals surface area contributed by atoms with E-state index in [2.05, 4.69) is 10.6 Å². The van der Waals surface area contributed by atoms with E-state index in [4.69, 9.17) is 10.2 Å². The van der Waals surface area contributed by atoms with Crippen LogP contribution in [0.4, 0.5) is 4.79 Å². The Hall–Kier alpha value is -1.79. The SMILES string of the molecule is O=C(O)CCCC(=O)O.O=C1NCCN1. The predicted octanol–water partition coefficient (Wildman–Crippen LogP) is -0.375. The minimum Gasteiger partial charge on any atom is -0.481 e. The van der Waals surface area contributed by atoms with Crippen LogP contribution in [0.2, 0.25) is 0 Å². The summed E-state index contributed by atoms with van der Waals surface area (Å²) in [6, 6.07) is -0.0463. The van der Waals surface area contributed by atoms with Gasteiger partial charge in [0.05, 0.1) is 0 Å². The zero-order chi connectivity index (χ0) is 11.7. The third kappa shape index (κ3) is 10.1. The summed E-state index contributed by atoms with van der Waals surface area (Å²) in [5.41, 5.74) is 0. The first-order valence-corrected chi connectivity index (χ1v) is 4.47. The highest BCUT2D eigenvalue weighted by Gasteiger charge is 2.03. The van der Waals surface area contributed by atoms with Crippen LogP contribution in [0.5, 0.6) is 0 Å². The zero-order valence-electron chi connectivity index (χ0n) is 8.15. The van der Waals surface area contributed by atoms with E-state index in [9.17, 15) is 14.4 Å². The molecule has 0 aromatic carbocycles. The minimum atomic E-state index is -0.948. The van der Waals surface area contributed by atoms with Crippen molar-refractivity contribution >= 4 is 18.0 Å². The third-order valence-corrected chi connectivity index (χ3v) is 1.48. The summed E-state index contributed by atoms with van der Waals surface area (Å²) in [7, 11) is 0. The molecule has 0 radical (unpaired) electrons. The second-order valence-corrected chi connectivity index (χ2v) is 2.82. The van der Waals surface area contributed by atoms with Crippen LogP contribution in [0, 0.1) is 0 Å². The Morgan fingerprint density at radius 2 is 1.47 bits per heavy atom. The number of carboxylic acids is 2. The molecule has 0 saturated carbocycles. The number of hydrogen-bond acceptors (Lipinski definition) is 3. The zero-order valence-corrected chi connectivity index (χ0v) is 8.15. The van der Waals surface area contributed by atoms with E-state index in [0.717, 1.165) is 13.1 Å². The lowest BCUT2D eigenvalue weighted by molar-refractivity contribution is -0.138. The summed E-state index contributed by atoms with van der Waals surface area (Å²) < 4.78 is 0. The van der Waals surface area contributed by atoms with Gasteiger partial charge in [0.25, 0.3) is 0 Å². The van der Waals surface area contributed by atoms with Crippen LogP contribution in [0.25, 0.3) is 0 Å². The molecule has 4 N–H and O–H groups in total. The first-order valence-electron chi connectivity index (χ1n) is 4.47. The average molecular weight is 218 g/mol. The molecule has 1 aliphatic rings. The van der Waals surface area contributed by atoms with Gasteiger partial charge in [0.15, 0.2) is 0 Å². The number of rotatable bonds is 4. The van der Waals surface area contributed by atoms with Crippen molar-refractivity contribution in [1.82, 2.24) is 10.6 Å². The fraction of sp³-hybridized carbons (Fsp3) is 0.625. The summed E-state index contributed by atoms with van der Waals surface area (Å²) >= 11 is 0. The number of hydrogen-bond donors (Lipinski definition) is 4. The van der Waals surface area contributed by atoms with Gasteiger partial charge in [-0.25, -0.2) is 4.79 Å². The largest absolute Gasteiger partial charge is 0.481 e. The molecule has 0 bridgehead atoms. The molecule has 0 unspecified atom stereocenters. The fourth-order valence-electron chi connectivity index (χ4n) is 0.805. The molecule has 1 rings (SSSR count). The molecule has 0 aromatic rings. The van der Waals surface area contributed by atoms with Gasteiger partial charge in [0.1, 0.15) is 0 Å². The Morgan fingerprint density at radius 3 is 1.67 bits per heavy atom. The molecule has 7 heteroatoms. The minimum absolute atomic E-state index is 0.0463. The molecule has 0 aromatic heterocycles. The first kappa shape index (κ1) is 13.2. The molecule has 1 heterocycles. The molecular weight excluding hydrogens is 204 g/mol. The van der Waals surface area contributed by atoms with Crippen molar-refractivity contribution in [3.05, 3.63) is 0 Å². The molecule has 86 valence electrons. The topological polar surface area (TPSA) is 116 Å². The first-order chi connectivity index (χ1) is 7.02. The van der Waals surface area contributed by atoms with Gasteiger partial charge >= 0.3 is 18.0 Å². The van der Waals surface area contributed by atoms with E-state index in [1.807, 2.05) is 0 Å². The monoisotopic (exact) mass is 218 g/mol. The predicted molar refractivity (Wildman–Crippen MR) is 50.5 cm³/mol. The number of urea groups is 1. The van der Waals surface area contributed by atoms with Crippen LogP contribution >= 0.6 is 0 Å². The van der Waals surface area contributed by atoms with E-state index in [1.165, 1.54) is 0 Å². The highest BCUT2D eigenvalue weighted by atomic mass is 16.4. The smallest absolute Gasteiger partial charge is 0.314 e. The van der Waals surface area contributed by atoms with Crippen molar-refractivity contribution in [3.63, 3.8) is 0 Å². The van der Waals surface area contributed by atoms with Crippen LogP contribution < -0.4 is 10.6 Å². The normalized spacial score (nSPS) is 13.2. The van der Waals surface area contributed by atoms with Gasteiger partial charge in [-0.2, -0.15) is 0 Å². The molecule has 0 spiro atoms. The van der Waals surface area contributed by atoms with Gasteiger partial charge in [0, 0.05) is 25.9 Å². The molecule has 1 aliphatic heterocycles. The van der Waals surface area contributed by atoms with E-state index in [-0.39, 0.29) is 25.3 Å². The number of carbonyl (C=O) groups is 3. The highest BCUT2D eigenvalue weighted by Crippen LogP contribution is 1.93. The van der Waals surface area contributed by atoms with Crippen molar-refractivity contribution in [2.24, 2.45) is 0 Å². The second kappa shape index (κ2) is 7.60. The fourth-order valence-corrected chi connectivity index (χ4v) is 0.805. The number of carbonyl (C=O) groups excluding carboxylic acids is 1. The van der Waals surface area contributed by atoms with Crippen LogP contribution in [-0.2, 0) is 9.59 Å². The van der Waals surface area contributed by atoms with Crippen LogP contribution in [0.3, 0.4) is 0 Å². The van der Waals surface area contributed by atoms with E-state index in [0.29, 0.717) is 0 Å². The van der Waals surface area contributed by atoms with Gasteiger partial charge in [-0.3, -0.25) is 9.59 Å². The summed E-state index contributed by atoms with van der Waals surface area (Å²) in [5.74, 6) is -1.90. The molecule has 0 atom stereocenters. The quantitative estimate of drug-likeness (QED) is 0.513. The Labute approximate surface area is 86.5 Å². The summed E-state index contributed by atoms with van der Waals surface area (Å²) in [6.45, 7) is 1.55. The van der Waals surface area contributed by atoms with E-state index < -0.39 is 11.9 Å². The van der Waals surface area contributed by atoms with Crippen molar-refractivity contribution in [2.75, 3.05) is 13.1 Å². The van der Waals surface area contributed by atoms with Crippen LogP contribution in [0.1, 0.15) is 19.3 Å². The molecule has 0 aliphatic carbocycles. The van der Waals surface area contributed by atoms with Gasteiger partial charge in [-0.15, -0.1) is 0 Å². The second-order valence-electron chi connectivity index (χ2n) is 2.82. The van der Waals surface area contributed by atoms with Crippen molar-refractivity contribution < 1.29 is 24.6 Å². The number of nitrogens with one attached hydrogen (secondary N) is 2. The maximum atomic E-state index is 10.0. The molecule has 1 fully saturated rings. The third-order valence-electron chi connectivity index (χ3n) is 1.48. The number of amides is 2. The Kier molecular flexibility index (Phi) is 6.69. The molecular formula is C8H14N2O5. The Balaban J connectivity index is 0.000000280. The van der Waals surface area contributed by atoms with Crippen LogP contribution in [-0.4, -0.2) is 41.3 Å². The van der Waals surface area contributed by atoms with Gasteiger partial charge in [-0.05, 0) is 6.42 Å². The summed E-state index contributed by atoms with van der Waals surface area (Å²) in [4.78, 5) is 29.6. The van der Waals surface area contributed by atoms with Crippen LogP contribution in [0.15, 0.2) is 0 Å². The Morgan fingerprint density at radius 1 is 1.07 bits per heavy atom. The molecule has 7 nitrogen and oxygen atoms in total.